The van der Waals surface area contributed by atoms with E-state index in [0.29, 0.717) is 0 Å². The molecule has 160 valence electrons. The number of aromatic nitrogens is 2. The van der Waals surface area contributed by atoms with E-state index in [2.05, 4.69) is 106 Å². The topological polar surface area (TPSA) is 8.29 Å². The summed E-state index contributed by atoms with van der Waals surface area (Å²) in [6.07, 6.45) is 2.25. The summed E-state index contributed by atoms with van der Waals surface area (Å²) in [5.41, 5.74) is 10.9. The monoisotopic (exact) mass is 435 g/mol. The van der Waals surface area contributed by atoms with Crippen molar-refractivity contribution in [3.63, 3.8) is 0 Å². The first-order valence-corrected chi connectivity index (χ1v) is 15.1. The molecule has 0 saturated carbocycles. The number of aryl methyl sites for hydroxylation is 5. The van der Waals surface area contributed by atoms with Crippen LogP contribution in [0, 0.1) is 27.7 Å². The van der Waals surface area contributed by atoms with Gasteiger partial charge in [-0.1, -0.05) is 30.9 Å². The van der Waals surface area contributed by atoms with Gasteiger partial charge in [-0.2, -0.15) is 0 Å². The Labute approximate surface area is 190 Å². The van der Waals surface area contributed by atoms with Gasteiger partial charge in [-0.3, -0.25) is 0 Å². The molecule has 3 aromatic carbocycles. The third kappa shape index (κ3) is 2.38. The Morgan fingerprint density at radius 1 is 0.750 bits per heavy atom. The van der Waals surface area contributed by atoms with Gasteiger partial charge in [0.25, 0.3) is 0 Å². The summed E-state index contributed by atoms with van der Waals surface area (Å²) in [5.74, 6) is 0. The molecule has 0 aliphatic carbocycles. The van der Waals surface area contributed by atoms with Gasteiger partial charge in [0, 0.05) is 16.8 Å². The number of fused-ring (bicyclic) bond motifs is 5. The van der Waals surface area contributed by atoms with Gasteiger partial charge >= 0.3 is 0 Å². The minimum Gasteiger partial charge on any atom is -0.307 e. The summed E-state index contributed by atoms with van der Waals surface area (Å²) in [4.78, 5) is 0. The van der Waals surface area contributed by atoms with Crippen LogP contribution in [0.4, 0.5) is 0 Å². The van der Waals surface area contributed by atoms with Gasteiger partial charge in [0.1, 0.15) is 7.05 Å². The van der Waals surface area contributed by atoms with Crippen LogP contribution in [0.5, 0.6) is 0 Å². The molecule has 0 spiro atoms. The summed E-state index contributed by atoms with van der Waals surface area (Å²) in [5, 5.41) is 8.41. The molecule has 0 aliphatic heterocycles. The lowest BCUT2D eigenvalue weighted by Gasteiger charge is -2.20. The predicted octanol–water partition coefficient (Wildman–Crippen LogP) is 6.59. The number of hydrogen-bond donors (Lipinski definition) is 0. The molecular formula is C29H31N2Si+. The van der Waals surface area contributed by atoms with Gasteiger partial charge in [-0.15, -0.1) is 0 Å². The molecule has 0 amide bonds. The second-order valence-electron chi connectivity index (χ2n) is 10.9. The fraction of sp³-hybridized carbons (Fsp3) is 0.276. The molecular weight excluding hydrogens is 404 g/mol. The van der Waals surface area contributed by atoms with Crippen molar-refractivity contribution in [2.24, 2.45) is 7.05 Å². The zero-order valence-electron chi connectivity index (χ0n) is 20.4. The maximum absolute atomic E-state index is 2.58. The van der Waals surface area contributed by atoms with Gasteiger partial charge in [0.2, 0.25) is 5.52 Å². The highest BCUT2D eigenvalue weighted by molar-refractivity contribution is 6.89. The Morgan fingerprint density at radius 3 is 2.16 bits per heavy atom. The molecule has 3 heteroatoms. The van der Waals surface area contributed by atoms with Crippen molar-refractivity contribution < 1.29 is 4.57 Å². The largest absolute Gasteiger partial charge is 0.307 e. The Bertz CT molecular complexity index is 1750. The fourth-order valence-electron chi connectivity index (χ4n) is 5.59. The zero-order valence-corrected chi connectivity index (χ0v) is 21.4. The number of rotatable bonds is 1. The normalized spacial score (nSPS) is 13.0. The molecule has 0 atom stereocenters. The number of benzene rings is 3. The van der Waals surface area contributed by atoms with Crippen molar-refractivity contribution in [2.75, 3.05) is 0 Å². The molecule has 0 saturated heterocycles. The minimum atomic E-state index is -1.49. The standard InChI is InChI=1S/C29H31N2Si/c1-16-11-22-23-12-18(3)19(4)26-28(23)31(24(22)13-17(16)2)25-15-21(32(6,7)8)14-20-9-10-30(5)29(26)27(20)25/h9-15H,1-8H3/q+1. The van der Waals surface area contributed by atoms with Crippen molar-refractivity contribution >= 4 is 62.3 Å². The molecule has 6 aromatic rings. The van der Waals surface area contributed by atoms with E-state index in [4.69, 9.17) is 0 Å². The molecule has 6 rings (SSSR count). The maximum Gasteiger partial charge on any atom is 0.224 e. The smallest absolute Gasteiger partial charge is 0.224 e. The average Bonchev–Trinajstić information content (AvgIpc) is 3.02. The van der Waals surface area contributed by atoms with Crippen LogP contribution in [0.1, 0.15) is 22.3 Å². The van der Waals surface area contributed by atoms with Gasteiger partial charge < -0.3 is 4.40 Å². The molecule has 2 nitrogen and oxygen atoms in total. The summed E-state index contributed by atoms with van der Waals surface area (Å²) in [7, 11) is 0.713. The average molecular weight is 436 g/mol. The van der Waals surface area contributed by atoms with E-state index < -0.39 is 8.07 Å². The first kappa shape index (κ1) is 19.7. The van der Waals surface area contributed by atoms with Crippen molar-refractivity contribution in [1.82, 2.24) is 4.40 Å². The highest BCUT2D eigenvalue weighted by Gasteiger charge is 2.27. The molecule has 0 N–H and O–H groups in total. The van der Waals surface area contributed by atoms with Crippen molar-refractivity contribution in [1.29, 1.82) is 0 Å². The first-order chi connectivity index (χ1) is 15.1. The zero-order chi connectivity index (χ0) is 22.7. The van der Waals surface area contributed by atoms with Crippen LogP contribution in [0.15, 0.2) is 42.6 Å². The van der Waals surface area contributed by atoms with Crippen LogP contribution < -0.4 is 9.75 Å². The van der Waals surface area contributed by atoms with E-state index in [9.17, 15) is 0 Å². The Kier molecular flexibility index (Phi) is 3.77. The number of hydrogen-bond acceptors (Lipinski definition) is 0. The minimum absolute atomic E-state index is 1.33. The first-order valence-electron chi connectivity index (χ1n) is 11.6. The predicted molar refractivity (Wildman–Crippen MR) is 142 cm³/mol. The van der Waals surface area contributed by atoms with E-state index >= 15 is 0 Å². The second-order valence-corrected chi connectivity index (χ2v) is 15.9. The van der Waals surface area contributed by atoms with E-state index in [1.807, 2.05) is 0 Å². The number of nitrogens with zero attached hydrogens (tertiary/aromatic N) is 2. The van der Waals surface area contributed by atoms with Crippen LogP contribution in [0.25, 0.3) is 49.0 Å². The van der Waals surface area contributed by atoms with Crippen LogP contribution in [-0.4, -0.2) is 12.5 Å². The van der Waals surface area contributed by atoms with Crippen LogP contribution in [0.3, 0.4) is 0 Å². The lowest BCUT2D eigenvalue weighted by atomic mass is 9.96. The highest BCUT2D eigenvalue weighted by Crippen LogP contribution is 2.42. The molecule has 0 fully saturated rings. The van der Waals surface area contributed by atoms with Crippen LogP contribution >= 0.6 is 0 Å². The molecule has 32 heavy (non-hydrogen) atoms. The van der Waals surface area contributed by atoms with Gasteiger partial charge in [-0.05, 0) is 79.6 Å². The van der Waals surface area contributed by atoms with Crippen LogP contribution in [0.2, 0.25) is 19.6 Å². The Morgan fingerprint density at radius 2 is 1.44 bits per heavy atom. The number of pyridine rings is 2. The molecule has 0 aliphatic rings. The summed E-state index contributed by atoms with van der Waals surface area (Å²) in [6.45, 7) is 16.4. The maximum atomic E-state index is 2.58. The second kappa shape index (κ2) is 6.11. The quantitative estimate of drug-likeness (QED) is 0.119. The van der Waals surface area contributed by atoms with E-state index in [1.54, 1.807) is 0 Å². The third-order valence-corrected chi connectivity index (χ3v) is 9.77. The molecule has 0 bridgehead atoms. The van der Waals surface area contributed by atoms with Crippen LogP contribution in [-0.2, 0) is 7.05 Å². The van der Waals surface area contributed by atoms with E-state index in [1.165, 1.54) is 76.4 Å². The summed E-state index contributed by atoms with van der Waals surface area (Å²) >= 11 is 0. The SMILES string of the molecule is Cc1cc2c3cc(C)c(C)c4c3n(c2cc1C)c1cc([Si](C)(C)C)cc2cc[n+](C)c4c21. The van der Waals surface area contributed by atoms with Gasteiger partial charge in [0.05, 0.1) is 35.4 Å². The Hall–Kier alpha value is -2.91. The molecule has 3 aromatic heterocycles. The molecule has 3 heterocycles. The summed E-state index contributed by atoms with van der Waals surface area (Å²) in [6, 6.07) is 14.5. The van der Waals surface area contributed by atoms with Crippen molar-refractivity contribution in [3.8, 4) is 0 Å². The fourth-order valence-corrected chi connectivity index (χ4v) is 6.75. The van der Waals surface area contributed by atoms with E-state index in [-0.39, 0.29) is 0 Å². The van der Waals surface area contributed by atoms with Gasteiger partial charge in [-0.25, -0.2) is 4.57 Å². The van der Waals surface area contributed by atoms with Gasteiger partial charge in [0.15, 0.2) is 6.20 Å². The molecule has 0 radical (unpaired) electrons. The lowest BCUT2D eigenvalue weighted by molar-refractivity contribution is -0.643. The summed E-state index contributed by atoms with van der Waals surface area (Å²) < 4.78 is 4.91. The highest BCUT2D eigenvalue weighted by atomic mass is 28.3. The van der Waals surface area contributed by atoms with Crippen molar-refractivity contribution in [2.45, 2.75) is 47.3 Å². The van der Waals surface area contributed by atoms with E-state index in [0.717, 1.165) is 0 Å². The van der Waals surface area contributed by atoms with Crippen molar-refractivity contribution in [3.05, 3.63) is 64.8 Å². The lowest BCUT2D eigenvalue weighted by Crippen LogP contribution is -2.38. The third-order valence-electron chi connectivity index (χ3n) is 7.74. The molecule has 0 unspecified atom stereocenters. The Balaban J connectivity index is 2.08.